The summed E-state index contributed by atoms with van der Waals surface area (Å²) in [6, 6.07) is 3.20. The zero-order valence-electron chi connectivity index (χ0n) is 8.71. The van der Waals surface area contributed by atoms with Crippen molar-refractivity contribution in [1.29, 1.82) is 0 Å². The minimum Gasteiger partial charge on any atom is -0.398 e. The van der Waals surface area contributed by atoms with Crippen molar-refractivity contribution in [3.63, 3.8) is 0 Å². The highest BCUT2D eigenvalue weighted by Crippen LogP contribution is 2.31. The summed E-state index contributed by atoms with van der Waals surface area (Å²) < 4.78 is 41.8. The number of hydrogen-bond donors (Lipinski definition) is 2. The monoisotopic (exact) mass is 234 g/mol. The van der Waals surface area contributed by atoms with Gasteiger partial charge in [-0.1, -0.05) is 6.07 Å². The molecule has 1 aromatic rings. The second kappa shape index (κ2) is 4.71. The van der Waals surface area contributed by atoms with Crippen LogP contribution in [0.4, 0.5) is 18.9 Å². The van der Waals surface area contributed by atoms with Gasteiger partial charge in [0.2, 0.25) is 0 Å². The van der Waals surface area contributed by atoms with E-state index in [2.05, 4.69) is 0 Å². The topological polar surface area (TPSA) is 61.3 Å². The Labute approximate surface area is 91.2 Å². The van der Waals surface area contributed by atoms with Crippen molar-refractivity contribution in [2.45, 2.75) is 18.8 Å². The Morgan fingerprint density at radius 1 is 1.38 bits per heavy atom. The number of anilines is 1. The van der Waals surface area contributed by atoms with Gasteiger partial charge in [-0.15, -0.1) is 0 Å². The Morgan fingerprint density at radius 2 is 2.00 bits per heavy atom. The van der Waals surface area contributed by atoms with E-state index in [0.29, 0.717) is 5.56 Å². The van der Waals surface area contributed by atoms with Gasteiger partial charge in [-0.05, 0) is 17.7 Å². The van der Waals surface area contributed by atoms with Crippen molar-refractivity contribution in [2.24, 2.45) is 5.73 Å². The lowest BCUT2D eigenvalue weighted by atomic mass is 10.1. The van der Waals surface area contributed by atoms with Crippen LogP contribution in [0.15, 0.2) is 18.2 Å². The smallest absolute Gasteiger partial charge is 0.398 e. The maximum atomic E-state index is 12.3. The zero-order chi connectivity index (χ0) is 12.3. The molecule has 1 atom stereocenters. The van der Waals surface area contributed by atoms with Crippen LogP contribution in [0.5, 0.6) is 0 Å². The third-order valence-corrected chi connectivity index (χ3v) is 2.20. The van der Waals surface area contributed by atoms with E-state index in [1.807, 2.05) is 0 Å². The summed E-state index contributed by atoms with van der Waals surface area (Å²) in [6.45, 7) is 0. The van der Waals surface area contributed by atoms with Gasteiger partial charge in [0.1, 0.15) is 6.23 Å². The molecule has 0 aliphatic carbocycles. The molecule has 0 aliphatic heterocycles. The third-order valence-electron chi connectivity index (χ3n) is 2.20. The number of ether oxygens (including phenoxy) is 1. The highest BCUT2D eigenvalue weighted by atomic mass is 19.4. The molecule has 6 heteroatoms. The fourth-order valence-electron chi connectivity index (χ4n) is 1.26. The number of nitrogens with two attached hydrogens (primary N) is 2. The van der Waals surface area contributed by atoms with E-state index in [-0.39, 0.29) is 12.1 Å². The fraction of sp³-hybridized carbons (Fsp3) is 0.400. The van der Waals surface area contributed by atoms with Crippen molar-refractivity contribution in [3.8, 4) is 0 Å². The Hall–Kier alpha value is -1.27. The molecule has 1 aromatic carbocycles. The van der Waals surface area contributed by atoms with Crippen LogP contribution in [0.1, 0.15) is 11.1 Å². The summed E-state index contributed by atoms with van der Waals surface area (Å²) in [5, 5.41) is 0. The molecule has 0 saturated carbocycles. The Bertz CT molecular complexity index is 366. The Kier molecular flexibility index (Phi) is 3.77. The van der Waals surface area contributed by atoms with Gasteiger partial charge in [-0.3, -0.25) is 0 Å². The lowest BCUT2D eigenvalue weighted by Crippen LogP contribution is -2.25. The molecule has 0 aliphatic rings. The van der Waals surface area contributed by atoms with Crippen molar-refractivity contribution in [3.05, 3.63) is 29.3 Å². The van der Waals surface area contributed by atoms with Crippen LogP contribution in [-0.4, -0.2) is 13.3 Å². The first-order valence-electron chi connectivity index (χ1n) is 4.58. The minimum atomic E-state index is -4.38. The molecule has 1 unspecified atom stereocenters. The van der Waals surface area contributed by atoms with Crippen LogP contribution in [0.2, 0.25) is 0 Å². The van der Waals surface area contributed by atoms with E-state index < -0.39 is 18.0 Å². The molecule has 90 valence electrons. The average molecular weight is 234 g/mol. The van der Waals surface area contributed by atoms with Gasteiger partial charge in [0.05, 0.1) is 5.56 Å². The molecular formula is C10H13F3N2O. The van der Waals surface area contributed by atoms with Crippen molar-refractivity contribution in [1.82, 2.24) is 0 Å². The van der Waals surface area contributed by atoms with Crippen LogP contribution < -0.4 is 11.5 Å². The van der Waals surface area contributed by atoms with E-state index in [4.69, 9.17) is 16.2 Å². The van der Waals surface area contributed by atoms with Gasteiger partial charge < -0.3 is 16.2 Å². The van der Waals surface area contributed by atoms with Gasteiger partial charge in [0.15, 0.2) is 0 Å². The second-order valence-electron chi connectivity index (χ2n) is 3.39. The molecule has 16 heavy (non-hydrogen) atoms. The number of hydrogen-bond acceptors (Lipinski definition) is 3. The molecule has 0 bridgehead atoms. The fourth-order valence-corrected chi connectivity index (χ4v) is 1.26. The molecule has 0 amide bonds. The highest BCUT2D eigenvalue weighted by Gasteiger charge is 2.30. The first-order chi connectivity index (χ1) is 7.34. The Balaban J connectivity index is 2.92. The quantitative estimate of drug-likeness (QED) is 0.618. The van der Waals surface area contributed by atoms with Crippen LogP contribution in [0.3, 0.4) is 0 Å². The summed E-state index contributed by atoms with van der Waals surface area (Å²) in [7, 11) is 1.42. The number of methoxy groups -OCH3 is 1. The van der Waals surface area contributed by atoms with Gasteiger partial charge in [0, 0.05) is 19.2 Å². The highest BCUT2D eigenvalue weighted by molar-refractivity contribution is 5.50. The maximum absolute atomic E-state index is 12.3. The van der Waals surface area contributed by atoms with Crippen molar-refractivity contribution >= 4 is 5.69 Å². The largest absolute Gasteiger partial charge is 0.416 e. The van der Waals surface area contributed by atoms with E-state index in [1.54, 1.807) is 0 Å². The molecule has 0 heterocycles. The van der Waals surface area contributed by atoms with E-state index in [0.717, 1.165) is 12.1 Å². The van der Waals surface area contributed by atoms with Gasteiger partial charge in [-0.25, -0.2) is 0 Å². The molecule has 0 radical (unpaired) electrons. The molecular weight excluding hydrogens is 221 g/mol. The summed E-state index contributed by atoms with van der Waals surface area (Å²) in [5.41, 5.74) is 10.9. The lowest BCUT2D eigenvalue weighted by molar-refractivity contribution is -0.137. The molecule has 0 fully saturated rings. The number of rotatable bonds is 3. The van der Waals surface area contributed by atoms with Crippen LogP contribution >= 0.6 is 0 Å². The van der Waals surface area contributed by atoms with Crippen LogP contribution in [-0.2, 0) is 17.3 Å². The summed E-state index contributed by atoms with van der Waals surface area (Å²) in [6.07, 6.45) is -4.67. The SMILES string of the molecule is COC(N)Cc1ccc(C(F)(F)F)cc1N. The Morgan fingerprint density at radius 3 is 2.44 bits per heavy atom. The average Bonchev–Trinajstić information content (AvgIpc) is 2.19. The normalized spacial score (nSPS) is 13.8. The van der Waals surface area contributed by atoms with Gasteiger partial charge in [0.25, 0.3) is 0 Å². The molecule has 0 aromatic heterocycles. The second-order valence-corrected chi connectivity index (χ2v) is 3.39. The van der Waals surface area contributed by atoms with Crippen LogP contribution in [0.25, 0.3) is 0 Å². The predicted molar refractivity (Wildman–Crippen MR) is 54.5 cm³/mol. The standard InChI is InChI=1S/C10H13F3N2O/c1-16-9(15)4-6-2-3-7(5-8(6)14)10(11,12)13/h2-3,5,9H,4,14-15H2,1H3. The predicted octanol–water partition coefficient (Wildman–Crippen LogP) is 1.76. The van der Waals surface area contributed by atoms with E-state index in [9.17, 15) is 13.2 Å². The number of halogens is 3. The number of nitrogen functional groups attached to an aromatic ring is 1. The van der Waals surface area contributed by atoms with Crippen LogP contribution in [0, 0.1) is 0 Å². The molecule has 0 saturated heterocycles. The van der Waals surface area contributed by atoms with E-state index >= 15 is 0 Å². The number of benzene rings is 1. The molecule has 4 N–H and O–H groups in total. The first-order valence-corrected chi connectivity index (χ1v) is 4.58. The van der Waals surface area contributed by atoms with Crippen molar-refractivity contribution in [2.75, 3.05) is 12.8 Å². The van der Waals surface area contributed by atoms with Crippen molar-refractivity contribution < 1.29 is 17.9 Å². The minimum absolute atomic E-state index is 0.0716. The zero-order valence-corrected chi connectivity index (χ0v) is 8.71. The third kappa shape index (κ3) is 3.11. The maximum Gasteiger partial charge on any atom is 0.416 e. The van der Waals surface area contributed by atoms with Gasteiger partial charge in [-0.2, -0.15) is 13.2 Å². The lowest BCUT2D eigenvalue weighted by Gasteiger charge is -2.13. The van der Waals surface area contributed by atoms with E-state index in [1.165, 1.54) is 13.2 Å². The summed E-state index contributed by atoms with van der Waals surface area (Å²) in [4.78, 5) is 0. The molecule has 3 nitrogen and oxygen atoms in total. The summed E-state index contributed by atoms with van der Waals surface area (Å²) >= 11 is 0. The molecule has 1 rings (SSSR count). The summed E-state index contributed by atoms with van der Waals surface area (Å²) in [5.74, 6) is 0. The van der Waals surface area contributed by atoms with Gasteiger partial charge >= 0.3 is 6.18 Å². The number of alkyl halides is 3. The first kappa shape index (κ1) is 12.8. The molecule has 0 spiro atoms.